The fourth-order valence-electron chi connectivity index (χ4n) is 4.85. The number of rotatable bonds is 6. The Morgan fingerprint density at radius 1 is 1.06 bits per heavy atom. The van der Waals surface area contributed by atoms with Crippen LogP contribution in [0.25, 0.3) is 33.1 Å². The van der Waals surface area contributed by atoms with Crippen molar-refractivity contribution in [3.05, 3.63) is 95.7 Å². The van der Waals surface area contributed by atoms with Crippen molar-refractivity contribution < 1.29 is 14.6 Å². The van der Waals surface area contributed by atoms with Crippen LogP contribution in [0.4, 0.5) is 0 Å². The molecule has 0 radical (unpaired) electrons. The molecule has 6 heteroatoms. The van der Waals surface area contributed by atoms with Gasteiger partial charge in [0.25, 0.3) is 5.91 Å². The number of fused-ring (bicyclic) bond motifs is 3. The summed E-state index contributed by atoms with van der Waals surface area (Å²) in [6.45, 7) is 0.530. The molecule has 0 aliphatic carbocycles. The number of aliphatic hydroxyl groups excluding tert-OH is 1. The molecule has 3 aromatic carbocycles. The molecule has 35 heavy (non-hydrogen) atoms. The number of hydrogen-bond donors (Lipinski definition) is 3. The van der Waals surface area contributed by atoms with E-state index in [1.807, 2.05) is 72.9 Å². The summed E-state index contributed by atoms with van der Waals surface area (Å²) in [5, 5.41) is 15.0. The van der Waals surface area contributed by atoms with Crippen molar-refractivity contribution in [2.45, 2.75) is 18.9 Å². The SMILES string of the molecule is O=C(NC(CO)Cc1c[nH]c2ccccc12)c1cc(-c2ccc3c(c2)CCO3)nc2ccccc12. The minimum absolute atomic E-state index is 0.161. The largest absolute Gasteiger partial charge is 0.493 e. The van der Waals surface area contributed by atoms with E-state index in [9.17, 15) is 9.90 Å². The molecule has 0 bridgehead atoms. The van der Waals surface area contributed by atoms with Crippen LogP contribution in [0.5, 0.6) is 5.75 Å². The molecule has 0 saturated heterocycles. The summed E-state index contributed by atoms with van der Waals surface area (Å²) in [6.07, 6.45) is 3.33. The fourth-order valence-corrected chi connectivity index (χ4v) is 4.85. The van der Waals surface area contributed by atoms with Crippen LogP contribution in [0.15, 0.2) is 79.0 Å². The molecule has 0 fully saturated rings. The second kappa shape index (κ2) is 8.89. The lowest BCUT2D eigenvalue weighted by Crippen LogP contribution is -2.39. The van der Waals surface area contributed by atoms with Gasteiger partial charge < -0.3 is 20.1 Å². The average molecular weight is 464 g/mol. The highest BCUT2D eigenvalue weighted by atomic mass is 16.5. The van der Waals surface area contributed by atoms with E-state index in [2.05, 4.69) is 16.4 Å². The first kappa shape index (κ1) is 21.4. The van der Waals surface area contributed by atoms with Gasteiger partial charge in [-0.1, -0.05) is 36.4 Å². The van der Waals surface area contributed by atoms with Gasteiger partial charge in [0, 0.05) is 34.5 Å². The Kier molecular flexibility index (Phi) is 5.43. The molecule has 3 heterocycles. The zero-order valence-corrected chi connectivity index (χ0v) is 19.1. The molecule has 1 atom stereocenters. The number of carbonyl (C=O) groups is 1. The third-order valence-electron chi connectivity index (χ3n) is 6.64. The van der Waals surface area contributed by atoms with Crippen LogP contribution >= 0.6 is 0 Å². The second-order valence-electron chi connectivity index (χ2n) is 8.91. The molecule has 1 amide bonds. The van der Waals surface area contributed by atoms with Crippen LogP contribution in [-0.2, 0) is 12.8 Å². The molecule has 1 unspecified atom stereocenters. The zero-order valence-electron chi connectivity index (χ0n) is 19.1. The van der Waals surface area contributed by atoms with Gasteiger partial charge in [-0.3, -0.25) is 4.79 Å². The normalized spacial score (nSPS) is 13.5. The number of pyridine rings is 1. The number of benzene rings is 3. The van der Waals surface area contributed by atoms with E-state index >= 15 is 0 Å². The number of nitrogens with zero attached hydrogens (tertiary/aromatic N) is 1. The Bertz CT molecular complexity index is 1560. The Labute approximate surface area is 202 Å². The average Bonchev–Trinajstić information content (AvgIpc) is 3.54. The lowest BCUT2D eigenvalue weighted by Gasteiger charge is -2.17. The number of para-hydroxylation sites is 2. The Morgan fingerprint density at radius 2 is 1.89 bits per heavy atom. The predicted octanol–water partition coefficient (Wildman–Crippen LogP) is 4.65. The van der Waals surface area contributed by atoms with E-state index in [1.165, 1.54) is 0 Å². The van der Waals surface area contributed by atoms with Crippen molar-refractivity contribution in [3.8, 4) is 17.0 Å². The van der Waals surface area contributed by atoms with E-state index in [4.69, 9.17) is 9.72 Å². The Hall–Kier alpha value is -4.16. The maximum Gasteiger partial charge on any atom is 0.252 e. The van der Waals surface area contributed by atoms with Gasteiger partial charge in [-0.05, 0) is 53.9 Å². The van der Waals surface area contributed by atoms with Gasteiger partial charge in [0.05, 0.1) is 36.0 Å². The molecule has 6 nitrogen and oxygen atoms in total. The minimum Gasteiger partial charge on any atom is -0.493 e. The minimum atomic E-state index is -0.422. The van der Waals surface area contributed by atoms with E-state index < -0.39 is 6.04 Å². The van der Waals surface area contributed by atoms with Gasteiger partial charge in [-0.15, -0.1) is 0 Å². The standard InChI is InChI=1S/C29H25N3O3/c33-17-21(14-20-16-30-25-7-3-1-5-22(20)25)31-29(34)24-15-27(32-26-8-4-2-6-23(24)26)18-9-10-28-19(13-18)11-12-35-28/h1-10,13,15-16,21,30,33H,11-12,14,17H2,(H,31,34). The number of amides is 1. The van der Waals surface area contributed by atoms with Gasteiger partial charge >= 0.3 is 0 Å². The summed E-state index contributed by atoms with van der Waals surface area (Å²) in [5.74, 6) is 0.684. The molecule has 1 aliphatic rings. The number of nitrogens with one attached hydrogen (secondary N) is 2. The Morgan fingerprint density at radius 3 is 2.77 bits per heavy atom. The van der Waals surface area contributed by atoms with Gasteiger partial charge in [-0.25, -0.2) is 4.98 Å². The van der Waals surface area contributed by atoms with Crippen LogP contribution in [0.3, 0.4) is 0 Å². The van der Waals surface area contributed by atoms with Gasteiger partial charge in [-0.2, -0.15) is 0 Å². The number of carbonyl (C=O) groups excluding carboxylic acids is 1. The summed E-state index contributed by atoms with van der Waals surface area (Å²) < 4.78 is 5.64. The highest BCUT2D eigenvalue weighted by molar-refractivity contribution is 6.07. The molecule has 5 aromatic rings. The van der Waals surface area contributed by atoms with Crippen LogP contribution in [-0.4, -0.2) is 40.2 Å². The molecule has 0 saturated carbocycles. The molecule has 0 spiro atoms. The molecular formula is C29H25N3O3. The zero-order chi connectivity index (χ0) is 23.8. The number of ether oxygens (including phenoxy) is 1. The van der Waals surface area contributed by atoms with Crippen LogP contribution in [0.2, 0.25) is 0 Å². The van der Waals surface area contributed by atoms with Gasteiger partial charge in [0.1, 0.15) is 5.75 Å². The van der Waals surface area contributed by atoms with Crippen molar-refractivity contribution in [3.63, 3.8) is 0 Å². The third-order valence-corrected chi connectivity index (χ3v) is 6.64. The van der Waals surface area contributed by atoms with Crippen molar-refractivity contribution in [2.75, 3.05) is 13.2 Å². The summed E-state index contributed by atoms with van der Waals surface area (Å²) in [7, 11) is 0. The number of aliphatic hydroxyl groups is 1. The van der Waals surface area contributed by atoms with E-state index in [1.54, 1.807) is 0 Å². The number of hydrogen-bond acceptors (Lipinski definition) is 4. The van der Waals surface area contributed by atoms with Gasteiger partial charge in [0.2, 0.25) is 0 Å². The van der Waals surface area contributed by atoms with Gasteiger partial charge in [0.15, 0.2) is 0 Å². The van der Waals surface area contributed by atoms with Crippen molar-refractivity contribution >= 4 is 27.7 Å². The first-order valence-electron chi connectivity index (χ1n) is 11.8. The molecule has 3 N–H and O–H groups in total. The maximum atomic E-state index is 13.5. The van der Waals surface area contributed by atoms with E-state index in [-0.39, 0.29) is 12.5 Å². The maximum absolute atomic E-state index is 13.5. The highest BCUT2D eigenvalue weighted by Crippen LogP contribution is 2.31. The number of H-pyrrole nitrogens is 1. The van der Waals surface area contributed by atoms with Crippen molar-refractivity contribution in [1.29, 1.82) is 0 Å². The van der Waals surface area contributed by atoms with Crippen molar-refractivity contribution in [1.82, 2.24) is 15.3 Å². The molecule has 6 rings (SSSR count). The molecule has 174 valence electrons. The molecule has 1 aliphatic heterocycles. The monoisotopic (exact) mass is 463 g/mol. The summed E-state index contributed by atoms with van der Waals surface area (Å²) in [4.78, 5) is 21.6. The first-order chi connectivity index (χ1) is 17.2. The third kappa shape index (κ3) is 4.02. The van der Waals surface area contributed by atoms with Crippen LogP contribution in [0.1, 0.15) is 21.5 Å². The highest BCUT2D eigenvalue weighted by Gasteiger charge is 2.20. The topological polar surface area (TPSA) is 87.2 Å². The summed E-state index contributed by atoms with van der Waals surface area (Å²) >= 11 is 0. The quantitative estimate of drug-likeness (QED) is 0.342. The van der Waals surface area contributed by atoms with E-state index in [0.717, 1.165) is 56.4 Å². The lowest BCUT2D eigenvalue weighted by molar-refractivity contribution is 0.0918. The fraction of sp³-hybridized carbons (Fsp3) is 0.172. The first-order valence-corrected chi connectivity index (χ1v) is 11.8. The van der Waals surface area contributed by atoms with Crippen LogP contribution < -0.4 is 10.1 Å². The smallest absolute Gasteiger partial charge is 0.252 e. The Balaban J connectivity index is 1.33. The molecule has 2 aromatic heterocycles. The second-order valence-corrected chi connectivity index (χ2v) is 8.91. The van der Waals surface area contributed by atoms with Crippen molar-refractivity contribution in [2.24, 2.45) is 0 Å². The number of aromatic amines is 1. The van der Waals surface area contributed by atoms with Crippen LogP contribution in [0, 0.1) is 0 Å². The number of aromatic nitrogens is 2. The summed E-state index contributed by atoms with van der Waals surface area (Å²) in [5.41, 5.74) is 6.23. The summed E-state index contributed by atoms with van der Waals surface area (Å²) in [6, 6.07) is 23.1. The predicted molar refractivity (Wildman–Crippen MR) is 137 cm³/mol. The lowest BCUT2D eigenvalue weighted by atomic mass is 10.0. The molecular weight excluding hydrogens is 438 g/mol. The van der Waals surface area contributed by atoms with E-state index in [0.29, 0.717) is 18.6 Å².